The van der Waals surface area contributed by atoms with Gasteiger partial charge >= 0.3 is 25.3 Å². The number of nitrogens with zero attached hydrogens (tertiary/aromatic N) is 1. The highest BCUT2D eigenvalue weighted by Crippen LogP contribution is 2.40. The maximum atomic E-state index is 14.6. The number of carbonyl (C=O) groups is 4. The molecule has 2 fully saturated rings. The molecule has 16 nitrogen and oxygen atoms in total. The van der Waals surface area contributed by atoms with Crippen LogP contribution < -0.4 is 20.7 Å². The van der Waals surface area contributed by atoms with Crippen molar-refractivity contribution in [3.63, 3.8) is 0 Å². The number of hydrogen-bond donors (Lipinski definition) is 4. The molecule has 2 aliphatic heterocycles. The minimum Gasteiger partial charge on any atom is -0.456 e. The number of hydrogen-bond acceptors (Lipinski definition) is 11. The fourth-order valence-corrected chi connectivity index (χ4v) is 7.87. The average Bonchev–Trinajstić information content (AvgIpc) is 3.61. The third kappa shape index (κ3) is 12.6. The number of nitrogens with one attached hydrogen (secondary N) is 4. The zero-order valence-electron chi connectivity index (χ0n) is 35.1. The number of amides is 3. The van der Waals surface area contributed by atoms with Crippen LogP contribution in [0.4, 0.5) is 9.59 Å². The van der Waals surface area contributed by atoms with Gasteiger partial charge in [0.1, 0.15) is 24.4 Å². The highest BCUT2D eigenvalue weighted by molar-refractivity contribution is 7.87. The normalized spacial score (nSPS) is 21.4. The molecule has 18 heteroatoms. The van der Waals surface area contributed by atoms with Crippen LogP contribution in [0, 0.1) is 5.92 Å². The van der Waals surface area contributed by atoms with E-state index in [2.05, 4.69) is 20.7 Å². The van der Waals surface area contributed by atoms with Gasteiger partial charge < -0.3 is 39.5 Å². The van der Waals surface area contributed by atoms with Gasteiger partial charge in [-0.15, -0.1) is 0 Å². The molecule has 0 aliphatic carbocycles. The lowest BCUT2D eigenvalue weighted by molar-refractivity contribution is -0.160. The summed E-state index contributed by atoms with van der Waals surface area (Å²) >= 11 is 0. The Morgan fingerprint density at radius 1 is 0.914 bits per heavy atom. The van der Waals surface area contributed by atoms with Crippen molar-refractivity contribution in [2.75, 3.05) is 26.2 Å². The summed E-state index contributed by atoms with van der Waals surface area (Å²) in [5, 5.41) is 7.86. The van der Waals surface area contributed by atoms with Crippen molar-refractivity contribution < 1.29 is 51.1 Å². The molecule has 3 amide bonds. The number of ether oxygens (including phenoxy) is 3. The molecule has 4 atom stereocenters. The molecule has 2 aliphatic rings. The Morgan fingerprint density at radius 2 is 1.52 bits per heavy atom. The van der Waals surface area contributed by atoms with E-state index in [1.54, 1.807) is 76.2 Å². The van der Waals surface area contributed by atoms with E-state index in [0.717, 1.165) is 9.87 Å². The van der Waals surface area contributed by atoms with Crippen molar-refractivity contribution >= 4 is 41.4 Å². The van der Waals surface area contributed by atoms with Crippen molar-refractivity contribution in [3.8, 4) is 0 Å². The van der Waals surface area contributed by atoms with Crippen LogP contribution in [0.15, 0.2) is 60.7 Å². The maximum Gasteiger partial charge on any atom is 0.457 e. The first kappa shape index (κ1) is 46.5. The van der Waals surface area contributed by atoms with Crippen LogP contribution in [0.25, 0.3) is 0 Å². The Labute approximate surface area is 343 Å². The molecule has 58 heavy (non-hydrogen) atoms. The Bertz CT molecular complexity index is 1810. The SMILES string of the molecule is C[C@H](NC(=O)OCc1ccccc1)C(=O)N[C@@]1(C(=O)O[C@H](C)c2ccccc2)CN(S(=O)(=O)NCCNC(=O)OC(C)(C)C)C[C@@H]1CCCB1OC(C)(C)C(C)(C)O1. The zero-order valence-corrected chi connectivity index (χ0v) is 35.9. The Morgan fingerprint density at radius 3 is 2.12 bits per heavy atom. The lowest BCUT2D eigenvalue weighted by Gasteiger charge is -2.35. The van der Waals surface area contributed by atoms with Crippen LogP contribution >= 0.6 is 0 Å². The topological polar surface area (TPSA) is 200 Å². The quantitative estimate of drug-likeness (QED) is 0.0751. The molecule has 0 saturated carbocycles. The monoisotopic (exact) mass is 829 g/mol. The molecule has 2 saturated heterocycles. The number of esters is 1. The first-order valence-electron chi connectivity index (χ1n) is 19.7. The van der Waals surface area contributed by atoms with Gasteiger partial charge in [-0.3, -0.25) is 4.79 Å². The molecule has 0 aromatic heterocycles. The highest BCUT2D eigenvalue weighted by Gasteiger charge is 2.58. The molecule has 2 aromatic rings. The van der Waals surface area contributed by atoms with Gasteiger partial charge in [0, 0.05) is 32.1 Å². The molecule has 0 radical (unpaired) electrons. The average molecular weight is 830 g/mol. The third-order valence-electron chi connectivity index (χ3n) is 10.5. The van der Waals surface area contributed by atoms with E-state index in [-0.39, 0.29) is 32.7 Å². The first-order valence-corrected chi connectivity index (χ1v) is 21.1. The van der Waals surface area contributed by atoms with Gasteiger partial charge in [-0.05, 0) is 86.2 Å². The van der Waals surface area contributed by atoms with E-state index >= 15 is 0 Å². The third-order valence-corrected chi connectivity index (χ3v) is 12.0. The van der Waals surface area contributed by atoms with E-state index in [4.69, 9.17) is 23.5 Å². The van der Waals surface area contributed by atoms with Crippen LogP contribution in [0.5, 0.6) is 0 Å². The van der Waals surface area contributed by atoms with Crippen LogP contribution in [-0.4, -0.2) is 98.5 Å². The molecule has 2 aromatic carbocycles. The predicted molar refractivity (Wildman–Crippen MR) is 217 cm³/mol. The smallest absolute Gasteiger partial charge is 0.456 e. The van der Waals surface area contributed by atoms with E-state index in [0.29, 0.717) is 18.3 Å². The lowest BCUT2D eigenvalue weighted by atomic mass is 9.77. The highest BCUT2D eigenvalue weighted by atomic mass is 32.2. The summed E-state index contributed by atoms with van der Waals surface area (Å²) in [5.41, 5.74) is -2.35. The zero-order chi connectivity index (χ0) is 42.9. The maximum absolute atomic E-state index is 14.6. The molecule has 0 bridgehead atoms. The Balaban J connectivity index is 1.59. The number of benzene rings is 2. The second kappa shape index (κ2) is 19.2. The predicted octanol–water partition coefficient (Wildman–Crippen LogP) is 4.62. The van der Waals surface area contributed by atoms with Crippen molar-refractivity contribution in [1.82, 2.24) is 25.0 Å². The molecular formula is C40H60BN5O11S. The van der Waals surface area contributed by atoms with Crippen molar-refractivity contribution in [2.45, 2.75) is 123 Å². The van der Waals surface area contributed by atoms with Crippen LogP contribution in [-0.2, 0) is 49.9 Å². The molecule has 4 rings (SSSR count). The van der Waals surface area contributed by atoms with E-state index < -0.39 is 88.3 Å². The second-order valence-corrected chi connectivity index (χ2v) is 18.5. The lowest BCUT2D eigenvalue weighted by Crippen LogP contribution is -2.64. The molecule has 4 N–H and O–H groups in total. The van der Waals surface area contributed by atoms with Gasteiger partial charge in [0.05, 0.1) is 11.2 Å². The summed E-state index contributed by atoms with van der Waals surface area (Å²) in [7, 11) is -4.85. The molecular weight excluding hydrogens is 769 g/mol. The largest absolute Gasteiger partial charge is 0.457 e. The van der Waals surface area contributed by atoms with Gasteiger partial charge in [-0.2, -0.15) is 12.7 Å². The number of alkyl carbamates (subject to hydrolysis) is 2. The molecule has 0 unspecified atom stereocenters. The molecule has 0 spiro atoms. The number of rotatable bonds is 17. The summed E-state index contributed by atoms with van der Waals surface area (Å²) in [6, 6.07) is 16.8. The number of carbonyl (C=O) groups excluding carboxylic acids is 4. The van der Waals surface area contributed by atoms with E-state index in [1.807, 2.05) is 39.8 Å². The minimum atomic E-state index is -4.30. The Kier molecular flexibility index (Phi) is 15.4. The summed E-state index contributed by atoms with van der Waals surface area (Å²) in [4.78, 5) is 53.6. The van der Waals surface area contributed by atoms with Gasteiger partial charge in [-0.25, -0.2) is 19.1 Å². The fraction of sp³-hybridized carbons (Fsp3) is 0.600. The first-order chi connectivity index (χ1) is 27.0. The minimum absolute atomic E-state index is 0.0351. The van der Waals surface area contributed by atoms with Gasteiger partial charge in [-0.1, -0.05) is 67.1 Å². The Hall–Kier alpha value is -4.23. The molecule has 2 heterocycles. The van der Waals surface area contributed by atoms with Crippen molar-refractivity contribution in [2.24, 2.45) is 5.92 Å². The summed E-state index contributed by atoms with van der Waals surface area (Å²) < 4.78 is 60.3. The summed E-state index contributed by atoms with van der Waals surface area (Å²) in [6.07, 6.45) is -1.22. The van der Waals surface area contributed by atoms with Gasteiger partial charge in [0.15, 0.2) is 5.54 Å². The second-order valence-electron chi connectivity index (χ2n) is 16.8. The molecule has 320 valence electrons. The fourth-order valence-electron chi connectivity index (χ4n) is 6.58. The van der Waals surface area contributed by atoms with Crippen molar-refractivity contribution in [3.05, 3.63) is 71.8 Å². The van der Waals surface area contributed by atoms with Crippen LogP contribution in [0.3, 0.4) is 0 Å². The van der Waals surface area contributed by atoms with E-state index in [9.17, 15) is 27.6 Å². The standard InChI is InChI=1S/C40H60BN5O11S/c1-28(44-36(50)53-26-30-17-12-10-13-18-30)33(47)45-40(34(48)54-29(2)31-19-14-11-15-20-31)27-46(58(51,52)43-24-23-42-35(49)55-37(3,4)5)25-32(40)21-16-22-41-56-38(6,7)39(8,9)57-41/h10-15,17-20,28-29,32,43H,16,21-27H2,1-9H3,(H,42,49)(H,44,50)(H,45,47)/t28-,29+,32-,40-/m0/s1. The van der Waals surface area contributed by atoms with Crippen molar-refractivity contribution in [1.29, 1.82) is 0 Å². The van der Waals surface area contributed by atoms with Crippen LogP contribution in [0.1, 0.15) is 92.4 Å². The van der Waals surface area contributed by atoms with Gasteiger partial charge in [0.2, 0.25) is 5.91 Å². The van der Waals surface area contributed by atoms with Gasteiger partial charge in [0.25, 0.3) is 10.2 Å². The van der Waals surface area contributed by atoms with E-state index in [1.165, 1.54) is 6.92 Å². The summed E-state index contributed by atoms with van der Waals surface area (Å²) in [5.74, 6) is -2.41. The van der Waals surface area contributed by atoms with Crippen LogP contribution in [0.2, 0.25) is 6.32 Å². The summed E-state index contributed by atoms with van der Waals surface area (Å²) in [6.45, 7) is 15.1.